The summed E-state index contributed by atoms with van der Waals surface area (Å²) in [4.78, 5) is 22.6. The highest BCUT2D eigenvalue weighted by Gasteiger charge is 2.31. The lowest BCUT2D eigenvalue weighted by Crippen LogP contribution is -1.98. The molecular formula is C12H5NO3. The molecule has 0 aliphatic carbocycles. The number of cyclic esters (lactones) is 2. The van der Waals surface area contributed by atoms with E-state index in [-0.39, 0.29) is 17.5 Å². The predicted molar refractivity (Wildman–Crippen MR) is 53.3 cm³/mol. The third kappa shape index (κ3) is 1.53. The van der Waals surface area contributed by atoms with E-state index in [4.69, 9.17) is 5.26 Å². The number of ether oxygens (including phenoxy) is 1. The van der Waals surface area contributed by atoms with Gasteiger partial charge in [-0.3, -0.25) is 0 Å². The van der Waals surface area contributed by atoms with Crippen LogP contribution in [0.5, 0.6) is 0 Å². The number of nitriles is 1. The van der Waals surface area contributed by atoms with Crippen LogP contribution in [0.3, 0.4) is 0 Å². The number of hydrogen-bond donors (Lipinski definition) is 0. The van der Waals surface area contributed by atoms with Gasteiger partial charge in [0.1, 0.15) is 0 Å². The van der Waals surface area contributed by atoms with Crippen LogP contribution < -0.4 is 0 Å². The van der Waals surface area contributed by atoms with Gasteiger partial charge in [0.15, 0.2) is 0 Å². The van der Waals surface area contributed by atoms with Gasteiger partial charge in [-0.1, -0.05) is 17.9 Å². The molecule has 1 aliphatic heterocycles. The average molecular weight is 211 g/mol. The van der Waals surface area contributed by atoms with Gasteiger partial charge in [0.25, 0.3) is 0 Å². The van der Waals surface area contributed by atoms with Crippen molar-refractivity contribution in [3.8, 4) is 17.9 Å². The van der Waals surface area contributed by atoms with Gasteiger partial charge in [-0.15, -0.1) is 0 Å². The van der Waals surface area contributed by atoms with E-state index < -0.39 is 11.9 Å². The van der Waals surface area contributed by atoms with Crippen molar-refractivity contribution in [1.82, 2.24) is 0 Å². The number of carbonyl (C=O) groups excluding carboxylic acids is 2. The third-order valence-electron chi connectivity index (χ3n) is 2.06. The molecule has 76 valence electrons. The largest absolute Gasteiger partial charge is 0.386 e. The Balaban J connectivity index is 2.52. The number of rotatable bonds is 0. The SMILES string of the molecule is N#CCC#Cc1cccc2c1C(=O)OC2=O. The fourth-order valence-corrected chi connectivity index (χ4v) is 1.42. The molecule has 0 saturated heterocycles. The molecule has 0 fully saturated rings. The van der Waals surface area contributed by atoms with Gasteiger partial charge >= 0.3 is 11.9 Å². The van der Waals surface area contributed by atoms with Crippen LogP contribution in [0.25, 0.3) is 0 Å². The molecule has 0 N–H and O–H groups in total. The maximum Gasteiger partial charge on any atom is 0.348 e. The van der Waals surface area contributed by atoms with Crippen LogP contribution in [0.15, 0.2) is 18.2 Å². The third-order valence-corrected chi connectivity index (χ3v) is 2.06. The highest BCUT2D eigenvalue weighted by atomic mass is 16.6. The van der Waals surface area contributed by atoms with E-state index in [1.807, 2.05) is 6.07 Å². The van der Waals surface area contributed by atoms with E-state index in [2.05, 4.69) is 16.6 Å². The van der Waals surface area contributed by atoms with Crippen molar-refractivity contribution in [2.75, 3.05) is 0 Å². The lowest BCUT2D eigenvalue weighted by Gasteiger charge is -1.94. The van der Waals surface area contributed by atoms with Gasteiger partial charge in [-0.25, -0.2) is 9.59 Å². The first kappa shape index (κ1) is 9.95. The first-order valence-corrected chi connectivity index (χ1v) is 4.49. The standard InChI is InChI=1S/C12H5NO3/c13-7-2-1-4-8-5-3-6-9-10(8)12(15)16-11(9)14/h3,5-6H,2H2. The van der Waals surface area contributed by atoms with E-state index in [0.29, 0.717) is 5.56 Å². The number of esters is 2. The van der Waals surface area contributed by atoms with Crippen LogP contribution in [-0.2, 0) is 4.74 Å². The Bertz CT molecular complexity index is 585. The monoisotopic (exact) mass is 211 g/mol. The average Bonchev–Trinajstić information content (AvgIpc) is 2.56. The van der Waals surface area contributed by atoms with Gasteiger partial charge in [-0.2, -0.15) is 5.26 Å². The van der Waals surface area contributed by atoms with Crippen molar-refractivity contribution in [2.24, 2.45) is 0 Å². The van der Waals surface area contributed by atoms with Crippen LogP contribution in [0.1, 0.15) is 32.7 Å². The Morgan fingerprint density at radius 3 is 2.81 bits per heavy atom. The van der Waals surface area contributed by atoms with E-state index in [1.165, 1.54) is 6.07 Å². The Morgan fingerprint density at radius 2 is 2.06 bits per heavy atom. The molecule has 1 aromatic rings. The molecule has 0 unspecified atom stereocenters. The molecule has 2 rings (SSSR count). The molecule has 0 saturated carbocycles. The minimum absolute atomic E-state index is 0.0761. The molecular weight excluding hydrogens is 206 g/mol. The number of hydrogen-bond acceptors (Lipinski definition) is 4. The fourth-order valence-electron chi connectivity index (χ4n) is 1.42. The summed E-state index contributed by atoms with van der Waals surface area (Å²) in [6.45, 7) is 0. The fraction of sp³-hybridized carbons (Fsp3) is 0.0833. The molecule has 0 bridgehead atoms. The van der Waals surface area contributed by atoms with Crippen molar-refractivity contribution in [3.63, 3.8) is 0 Å². The van der Waals surface area contributed by atoms with Crippen molar-refractivity contribution in [3.05, 3.63) is 34.9 Å². The molecule has 0 spiro atoms. The summed E-state index contributed by atoms with van der Waals surface area (Å²) < 4.78 is 4.47. The summed E-state index contributed by atoms with van der Waals surface area (Å²) in [5.41, 5.74) is 0.843. The van der Waals surface area contributed by atoms with E-state index in [9.17, 15) is 9.59 Å². The Kier molecular flexibility index (Phi) is 2.41. The van der Waals surface area contributed by atoms with Crippen LogP contribution >= 0.6 is 0 Å². The zero-order valence-corrected chi connectivity index (χ0v) is 8.11. The topological polar surface area (TPSA) is 67.2 Å². The second-order valence-corrected chi connectivity index (χ2v) is 3.04. The minimum Gasteiger partial charge on any atom is -0.386 e. The molecule has 1 aliphatic rings. The van der Waals surface area contributed by atoms with Crippen LogP contribution in [0.4, 0.5) is 0 Å². The molecule has 4 heteroatoms. The van der Waals surface area contributed by atoms with Crippen LogP contribution in [-0.4, -0.2) is 11.9 Å². The summed E-state index contributed by atoms with van der Waals surface area (Å²) >= 11 is 0. The summed E-state index contributed by atoms with van der Waals surface area (Å²) in [5, 5.41) is 8.33. The maximum atomic E-state index is 11.4. The lowest BCUT2D eigenvalue weighted by molar-refractivity contribution is 0.0444. The quantitative estimate of drug-likeness (QED) is 0.368. The molecule has 0 amide bonds. The number of nitrogens with zero attached hydrogens (tertiary/aromatic N) is 1. The van der Waals surface area contributed by atoms with Crippen molar-refractivity contribution in [2.45, 2.75) is 6.42 Å². The lowest BCUT2D eigenvalue weighted by atomic mass is 10.0. The van der Waals surface area contributed by atoms with Gasteiger partial charge < -0.3 is 4.74 Å². The highest BCUT2D eigenvalue weighted by molar-refractivity contribution is 6.15. The van der Waals surface area contributed by atoms with Gasteiger partial charge in [0.05, 0.1) is 23.6 Å². The molecule has 1 aromatic carbocycles. The Labute approximate surface area is 91.4 Å². The Hall–Kier alpha value is -2.59. The summed E-state index contributed by atoms with van der Waals surface area (Å²) in [7, 11) is 0. The smallest absolute Gasteiger partial charge is 0.348 e. The molecule has 0 aromatic heterocycles. The Morgan fingerprint density at radius 1 is 1.25 bits per heavy atom. The molecule has 1 heterocycles. The van der Waals surface area contributed by atoms with Gasteiger partial charge in [0.2, 0.25) is 0 Å². The minimum atomic E-state index is -0.679. The number of benzene rings is 1. The van der Waals surface area contributed by atoms with Gasteiger partial charge in [0, 0.05) is 5.56 Å². The van der Waals surface area contributed by atoms with E-state index in [0.717, 1.165) is 0 Å². The second kappa shape index (κ2) is 3.88. The van der Waals surface area contributed by atoms with E-state index in [1.54, 1.807) is 12.1 Å². The van der Waals surface area contributed by atoms with Crippen LogP contribution in [0.2, 0.25) is 0 Å². The predicted octanol–water partition coefficient (Wildman–Crippen LogP) is 1.26. The molecule has 4 nitrogen and oxygen atoms in total. The summed E-state index contributed by atoms with van der Waals surface area (Å²) in [6, 6.07) is 6.62. The summed E-state index contributed by atoms with van der Waals surface area (Å²) in [6.07, 6.45) is 0.0761. The molecule has 16 heavy (non-hydrogen) atoms. The summed E-state index contributed by atoms with van der Waals surface area (Å²) in [5.74, 6) is 3.93. The van der Waals surface area contributed by atoms with Crippen molar-refractivity contribution in [1.29, 1.82) is 5.26 Å². The number of carbonyl (C=O) groups is 2. The molecule has 0 atom stereocenters. The highest BCUT2D eigenvalue weighted by Crippen LogP contribution is 2.22. The van der Waals surface area contributed by atoms with E-state index >= 15 is 0 Å². The van der Waals surface area contributed by atoms with Gasteiger partial charge in [-0.05, 0) is 12.1 Å². The van der Waals surface area contributed by atoms with Crippen LogP contribution in [0, 0.1) is 23.2 Å². The first-order chi connectivity index (χ1) is 7.74. The van der Waals surface area contributed by atoms with Crippen molar-refractivity contribution < 1.29 is 14.3 Å². The zero-order valence-electron chi connectivity index (χ0n) is 8.11. The number of fused-ring (bicyclic) bond motifs is 1. The van der Waals surface area contributed by atoms with Crippen molar-refractivity contribution >= 4 is 11.9 Å². The zero-order chi connectivity index (χ0) is 11.5. The maximum absolute atomic E-state index is 11.4. The first-order valence-electron chi connectivity index (χ1n) is 4.49. The normalized spacial score (nSPS) is 12.2. The molecule has 0 radical (unpaired) electrons. The second-order valence-electron chi connectivity index (χ2n) is 3.04.